The maximum Gasteiger partial charge on any atom is 0.252 e. The monoisotopic (exact) mass is 442 g/mol. The molecular weight excluding hydrogens is 408 g/mol. The maximum absolute atomic E-state index is 13.1. The zero-order valence-electron chi connectivity index (χ0n) is 19.5. The molecule has 1 aliphatic rings. The van der Waals surface area contributed by atoms with Crippen LogP contribution >= 0.6 is 0 Å². The van der Waals surface area contributed by atoms with Crippen LogP contribution in [0, 0.1) is 33.6 Å². The lowest BCUT2D eigenvalue weighted by Crippen LogP contribution is -2.38. The topological polar surface area (TPSA) is 66.5 Å². The lowest BCUT2D eigenvalue weighted by Gasteiger charge is -2.29. The maximum atomic E-state index is 13.1. The van der Waals surface area contributed by atoms with Crippen LogP contribution < -0.4 is 5.32 Å². The molecule has 3 rings (SSSR count). The highest BCUT2D eigenvalue weighted by Gasteiger charge is 2.29. The molecule has 1 atom stereocenters. The van der Waals surface area contributed by atoms with Gasteiger partial charge in [-0.1, -0.05) is 25.1 Å². The van der Waals surface area contributed by atoms with E-state index in [0.29, 0.717) is 24.6 Å². The third-order valence-electron chi connectivity index (χ3n) is 6.53. The Morgan fingerprint density at radius 1 is 0.968 bits per heavy atom. The van der Waals surface area contributed by atoms with Crippen molar-refractivity contribution in [2.45, 2.75) is 65.3 Å². The molecule has 31 heavy (non-hydrogen) atoms. The summed E-state index contributed by atoms with van der Waals surface area (Å²) in [5.74, 6) is 0.285. The fraction of sp³-hybridized carbons (Fsp3) is 0.480. The standard InChI is InChI=1S/C25H34N2O3S/c1-16-9-11-27(12-10-16)31(29,30)22-8-7-17(2)24(15-22)25(28)26-21(6)23-14-19(4)18(3)13-20(23)5/h7-8,13-16,21H,9-12H2,1-6H3,(H,26,28)/t21-/m1/s1. The van der Waals surface area contributed by atoms with Crippen LogP contribution in [0.15, 0.2) is 35.2 Å². The molecular formula is C25H34N2O3S. The van der Waals surface area contributed by atoms with Gasteiger partial charge < -0.3 is 5.32 Å². The van der Waals surface area contributed by atoms with Crippen LogP contribution in [0.25, 0.3) is 0 Å². The van der Waals surface area contributed by atoms with Crippen molar-refractivity contribution in [3.05, 3.63) is 63.7 Å². The largest absolute Gasteiger partial charge is 0.345 e. The number of carbonyl (C=O) groups is 1. The molecule has 0 aromatic heterocycles. The van der Waals surface area contributed by atoms with E-state index in [9.17, 15) is 13.2 Å². The molecule has 1 fully saturated rings. The number of piperidine rings is 1. The molecule has 0 saturated carbocycles. The van der Waals surface area contributed by atoms with E-state index in [2.05, 4.69) is 38.2 Å². The zero-order chi connectivity index (χ0) is 22.9. The number of aryl methyl sites for hydroxylation is 4. The predicted octanol–water partition coefficient (Wildman–Crippen LogP) is 4.83. The minimum atomic E-state index is -3.60. The molecule has 2 aromatic carbocycles. The van der Waals surface area contributed by atoms with Gasteiger partial charge in [-0.05, 0) is 93.3 Å². The number of hydrogen-bond acceptors (Lipinski definition) is 3. The van der Waals surface area contributed by atoms with E-state index in [4.69, 9.17) is 0 Å². The predicted molar refractivity (Wildman–Crippen MR) is 125 cm³/mol. The van der Waals surface area contributed by atoms with Crippen molar-refractivity contribution in [3.8, 4) is 0 Å². The summed E-state index contributed by atoms with van der Waals surface area (Å²) in [6, 6.07) is 8.91. The normalized spacial score (nSPS) is 16.8. The van der Waals surface area contributed by atoms with Gasteiger partial charge in [0, 0.05) is 18.7 Å². The Balaban J connectivity index is 1.84. The first kappa shape index (κ1) is 23.5. The van der Waals surface area contributed by atoms with E-state index in [-0.39, 0.29) is 16.8 Å². The lowest BCUT2D eigenvalue weighted by atomic mass is 9.96. The summed E-state index contributed by atoms with van der Waals surface area (Å²) < 4.78 is 27.8. The summed E-state index contributed by atoms with van der Waals surface area (Å²) in [7, 11) is -3.60. The van der Waals surface area contributed by atoms with Gasteiger partial charge in [-0.3, -0.25) is 4.79 Å². The van der Waals surface area contributed by atoms with Crippen LogP contribution in [-0.2, 0) is 10.0 Å². The highest BCUT2D eigenvalue weighted by molar-refractivity contribution is 7.89. The molecule has 1 amide bonds. The highest BCUT2D eigenvalue weighted by atomic mass is 32.2. The van der Waals surface area contributed by atoms with Crippen LogP contribution in [0.4, 0.5) is 0 Å². The summed E-state index contributed by atoms with van der Waals surface area (Å²) in [5.41, 5.74) is 5.76. The average molecular weight is 443 g/mol. The summed E-state index contributed by atoms with van der Waals surface area (Å²) >= 11 is 0. The smallest absolute Gasteiger partial charge is 0.252 e. The van der Waals surface area contributed by atoms with Gasteiger partial charge in [0.1, 0.15) is 0 Å². The first-order chi connectivity index (χ1) is 14.5. The number of nitrogens with one attached hydrogen (secondary N) is 1. The fourth-order valence-electron chi connectivity index (χ4n) is 4.18. The number of carbonyl (C=O) groups excluding carboxylic acids is 1. The molecule has 1 heterocycles. The molecule has 1 aliphatic heterocycles. The Morgan fingerprint density at radius 2 is 1.58 bits per heavy atom. The number of benzene rings is 2. The summed E-state index contributed by atoms with van der Waals surface area (Å²) in [6.07, 6.45) is 1.73. The summed E-state index contributed by atoms with van der Waals surface area (Å²) in [5, 5.41) is 3.06. The number of sulfonamides is 1. The van der Waals surface area contributed by atoms with Gasteiger partial charge in [0.2, 0.25) is 10.0 Å². The molecule has 0 unspecified atom stereocenters. The molecule has 0 bridgehead atoms. The molecule has 5 nitrogen and oxygen atoms in total. The van der Waals surface area contributed by atoms with Gasteiger partial charge in [0.25, 0.3) is 5.91 Å². The van der Waals surface area contributed by atoms with Crippen LogP contribution in [0.1, 0.15) is 70.9 Å². The molecule has 168 valence electrons. The van der Waals surface area contributed by atoms with Crippen LogP contribution in [0.3, 0.4) is 0 Å². The lowest BCUT2D eigenvalue weighted by molar-refractivity contribution is 0.0939. The Kier molecular flexibility index (Phi) is 6.92. The Labute approximate surface area is 186 Å². The minimum absolute atomic E-state index is 0.185. The molecule has 1 saturated heterocycles. The number of hydrogen-bond donors (Lipinski definition) is 1. The summed E-state index contributed by atoms with van der Waals surface area (Å²) in [6.45, 7) is 13.2. The fourth-order valence-corrected chi connectivity index (χ4v) is 5.68. The molecule has 1 N–H and O–H groups in total. The van der Waals surface area contributed by atoms with Crippen molar-refractivity contribution in [1.82, 2.24) is 9.62 Å². The van der Waals surface area contributed by atoms with Crippen LogP contribution in [0.5, 0.6) is 0 Å². The van der Waals surface area contributed by atoms with Gasteiger partial charge in [-0.15, -0.1) is 0 Å². The van der Waals surface area contributed by atoms with Crippen molar-refractivity contribution in [1.29, 1.82) is 0 Å². The first-order valence-corrected chi connectivity index (χ1v) is 12.4. The van der Waals surface area contributed by atoms with E-state index >= 15 is 0 Å². The molecule has 0 spiro atoms. The molecule has 0 radical (unpaired) electrons. The summed E-state index contributed by atoms with van der Waals surface area (Å²) in [4.78, 5) is 13.3. The van der Waals surface area contributed by atoms with Crippen molar-refractivity contribution in [2.75, 3.05) is 13.1 Å². The Morgan fingerprint density at radius 3 is 2.23 bits per heavy atom. The number of nitrogens with zero attached hydrogens (tertiary/aromatic N) is 1. The zero-order valence-corrected chi connectivity index (χ0v) is 20.3. The van der Waals surface area contributed by atoms with Crippen molar-refractivity contribution >= 4 is 15.9 Å². The van der Waals surface area contributed by atoms with Gasteiger partial charge in [-0.2, -0.15) is 4.31 Å². The van der Waals surface area contributed by atoms with Crippen LogP contribution in [-0.4, -0.2) is 31.7 Å². The first-order valence-electron chi connectivity index (χ1n) is 11.0. The Bertz CT molecular complexity index is 1080. The van der Waals surface area contributed by atoms with E-state index in [1.54, 1.807) is 16.4 Å². The van der Waals surface area contributed by atoms with Crippen LogP contribution in [0.2, 0.25) is 0 Å². The quantitative estimate of drug-likeness (QED) is 0.721. The van der Waals surface area contributed by atoms with E-state index in [1.807, 2.05) is 20.8 Å². The highest BCUT2D eigenvalue weighted by Crippen LogP contribution is 2.26. The van der Waals surface area contributed by atoms with E-state index < -0.39 is 10.0 Å². The SMILES string of the molecule is Cc1cc(C)c([C@@H](C)NC(=O)c2cc(S(=O)(=O)N3CCC(C)CC3)ccc2C)cc1C. The second kappa shape index (κ2) is 9.13. The van der Waals surface area contributed by atoms with Gasteiger partial charge in [0.15, 0.2) is 0 Å². The van der Waals surface area contributed by atoms with Gasteiger partial charge >= 0.3 is 0 Å². The van der Waals surface area contributed by atoms with E-state index in [1.165, 1.54) is 17.2 Å². The van der Waals surface area contributed by atoms with Crippen molar-refractivity contribution < 1.29 is 13.2 Å². The van der Waals surface area contributed by atoms with Gasteiger partial charge in [0.05, 0.1) is 10.9 Å². The molecule has 2 aromatic rings. The van der Waals surface area contributed by atoms with E-state index in [0.717, 1.165) is 29.5 Å². The molecule has 0 aliphatic carbocycles. The average Bonchev–Trinajstić information content (AvgIpc) is 2.71. The number of rotatable bonds is 5. The molecule has 6 heteroatoms. The second-order valence-corrected chi connectivity index (χ2v) is 11.0. The Hall–Kier alpha value is -2.18. The number of amides is 1. The van der Waals surface area contributed by atoms with Crippen molar-refractivity contribution in [3.63, 3.8) is 0 Å². The van der Waals surface area contributed by atoms with Crippen molar-refractivity contribution in [2.24, 2.45) is 5.92 Å². The van der Waals surface area contributed by atoms with Gasteiger partial charge in [-0.25, -0.2) is 8.42 Å². The second-order valence-electron chi connectivity index (χ2n) is 9.05. The third kappa shape index (κ3) is 5.01. The third-order valence-corrected chi connectivity index (χ3v) is 8.43. The minimum Gasteiger partial charge on any atom is -0.345 e.